The van der Waals surface area contributed by atoms with Gasteiger partial charge in [0.05, 0.1) is 11.7 Å². The van der Waals surface area contributed by atoms with Crippen LogP contribution in [-0.2, 0) is 10.8 Å². The quantitative estimate of drug-likeness (QED) is 0.778. The third kappa shape index (κ3) is 7.80. The lowest BCUT2D eigenvalue weighted by Gasteiger charge is -2.18. The lowest BCUT2D eigenvalue weighted by atomic mass is 10.2. The Morgan fingerprint density at radius 1 is 1.18 bits per heavy atom. The summed E-state index contributed by atoms with van der Waals surface area (Å²) in [6, 6.07) is 2.74. The van der Waals surface area contributed by atoms with Gasteiger partial charge in [0.15, 0.2) is 0 Å². The van der Waals surface area contributed by atoms with Gasteiger partial charge in [0, 0.05) is 12.4 Å². The number of hydrogen-bond donors (Lipinski definition) is 0. The Hall–Kier alpha value is -1.03. The Labute approximate surface area is 103 Å². The maximum Gasteiger partial charge on any atom is 0.385 e. The molecule has 1 aromatic rings. The molecule has 100 valence electrons. The Morgan fingerprint density at radius 2 is 1.71 bits per heavy atom. The van der Waals surface area contributed by atoms with Crippen LogP contribution >= 0.6 is 0 Å². The van der Waals surface area contributed by atoms with Gasteiger partial charge in [-0.25, -0.2) is 0 Å². The van der Waals surface area contributed by atoms with E-state index in [-0.39, 0.29) is 5.56 Å². The highest BCUT2D eigenvalue weighted by Gasteiger charge is 2.33. The van der Waals surface area contributed by atoms with Crippen molar-refractivity contribution in [1.82, 2.24) is 4.98 Å². The molecule has 1 rings (SSSR count). The molecule has 0 bridgehead atoms. The molecule has 17 heavy (non-hydrogen) atoms. The molecule has 0 fully saturated rings. The van der Waals surface area contributed by atoms with Crippen molar-refractivity contribution in [1.29, 1.82) is 0 Å². The summed E-state index contributed by atoms with van der Waals surface area (Å²) >= 11 is 0. The lowest BCUT2D eigenvalue weighted by molar-refractivity contribution is -0.266. The highest BCUT2D eigenvalue weighted by atomic mass is 19.3. The SMILES string of the molecule is CC.CC.CC(C)OC(F)(F)c1cccnc1. The summed E-state index contributed by atoms with van der Waals surface area (Å²) in [5.41, 5.74) is -0.219. The second-order valence-corrected chi connectivity index (χ2v) is 2.93. The summed E-state index contributed by atoms with van der Waals surface area (Å²) in [6.07, 6.45) is -1.23. The van der Waals surface area contributed by atoms with Gasteiger partial charge in [0.2, 0.25) is 0 Å². The minimum atomic E-state index is -3.25. The van der Waals surface area contributed by atoms with Crippen molar-refractivity contribution in [3.8, 4) is 0 Å². The van der Waals surface area contributed by atoms with Crippen LogP contribution in [0, 0.1) is 0 Å². The molecule has 1 aromatic heterocycles. The van der Waals surface area contributed by atoms with E-state index in [0.717, 1.165) is 6.20 Å². The average Bonchev–Trinajstić information content (AvgIpc) is 2.34. The molecule has 0 aliphatic rings. The lowest BCUT2D eigenvalue weighted by Crippen LogP contribution is -2.22. The zero-order valence-electron chi connectivity index (χ0n) is 11.5. The fourth-order valence-electron chi connectivity index (χ4n) is 0.899. The first-order valence-corrected chi connectivity index (χ1v) is 5.98. The third-order valence-electron chi connectivity index (χ3n) is 1.38. The molecular formula is C13H23F2NO. The van der Waals surface area contributed by atoms with Crippen LogP contribution in [0.25, 0.3) is 0 Å². The molecule has 0 aliphatic heterocycles. The molecule has 1 heterocycles. The van der Waals surface area contributed by atoms with Crippen LogP contribution in [0.2, 0.25) is 0 Å². The van der Waals surface area contributed by atoms with Gasteiger partial charge in [-0.2, -0.15) is 8.78 Å². The summed E-state index contributed by atoms with van der Waals surface area (Å²) in [6.45, 7) is 11.1. The molecule has 0 saturated carbocycles. The normalized spacial score (nSPS) is 9.94. The van der Waals surface area contributed by atoms with Gasteiger partial charge in [0.1, 0.15) is 0 Å². The van der Waals surface area contributed by atoms with Crippen LogP contribution in [0.4, 0.5) is 8.78 Å². The predicted octanol–water partition coefficient (Wildman–Crippen LogP) is 4.61. The van der Waals surface area contributed by atoms with Crippen molar-refractivity contribution in [3.05, 3.63) is 30.1 Å². The van der Waals surface area contributed by atoms with Crippen LogP contribution in [0.15, 0.2) is 24.5 Å². The molecule has 4 heteroatoms. The number of halogens is 2. The van der Waals surface area contributed by atoms with E-state index in [4.69, 9.17) is 0 Å². The molecule has 0 radical (unpaired) electrons. The standard InChI is InChI=1S/C9H11F2NO.2C2H6/c1-7(2)13-9(10,11)8-4-3-5-12-6-8;2*1-2/h3-7H,1-2H3;2*1-2H3. The van der Waals surface area contributed by atoms with E-state index < -0.39 is 12.2 Å². The smallest absolute Gasteiger partial charge is 0.314 e. The predicted molar refractivity (Wildman–Crippen MR) is 67.0 cm³/mol. The topological polar surface area (TPSA) is 22.1 Å². The molecule has 2 nitrogen and oxygen atoms in total. The number of rotatable bonds is 3. The zero-order valence-corrected chi connectivity index (χ0v) is 11.5. The molecule has 0 unspecified atom stereocenters. The fraction of sp³-hybridized carbons (Fsp3) is 0.615. The molecule has 0 saturated heterocycles. The van der Waals surface area contributed by atoms with E-state index >= 15 is 0 Å². The molecule has 0 aliphatic carbocycles. The van der Waals surface area contributed by atoms with Crippen LogP contribution in [0.1, 0.15) is 47.1 Å². The highest BCUT2D eigenvalue weighted by Crippen LogP contribution is 2.29. The van der Waals surface area contributed by atoms with E-state index in [1.54, 1.807) is 13.8 Å². The van der Waals surface area contributed by atoms with Gasteiger partial charge < -0.3 is 4.74 Å². The summed E-state index contributed by atoms with van der Waals surface area (Å²) < 4.78 is 30.7. The minimum absolute atomic E-state index is 0.219. The first-order valence-electron chi connectivity index (χ1n) is 5.98. The number of hydrogen-bond acceptors (Lipinski definition) is 2. The first-order chi connectivity index (χ1) is 8.02. The third-order valence-corrected chi connectivity index (χ3v) is 1.38. The number of alkyl halides is 2. The largest absolute Gasteiger partial charge is 0.385 e. The van der Waals surface area contributed by atoms with Gasteiger partial charge in [0.25, 0.3) is 0 Å². The van der Waals surface area contributed by atoms with Gasteiger partial charge in [-0.3, -0.25) is 4.98 Å². The summed E-state index contributed by atoms with van der Waals surface area (Å²) in [7, 11) is 0. The van der Waals surface area contributed by atoms with Gasteiger partial charge in [-0.15, -0.1) is 0 Å². The van der Waals surface area contributed by atoms with E-state index in [0.29, 0.717) is 0 Å². The number of pyridine rings is 1. The maximum atomic E-state index is 13.1. The number of ether oxygens (including phenoxy) is 1. The van der Waals surface area contributed by atoms with Crippen molar-refractivity contribution < 1.29 is 13.5 Å². The van der Waals surface area contributed by atoms with Crippen LogP contribution in [0.3, 0.4) is 0 Å². The van der Waals surface area contributed by atoms with Crippen LogP contribution in [-0.4, -0.2) is 11.1 Å². The van der Waals surface area contributed by atoms with Gasteiger partial charge >= 0.3 is 6.11 Å². The second-order valence-electron chi connectivity index (χ2n) is 2.93. The van der Waals surface area contributed by atoms with Crippen molar-refractivity contribution in [2.45, 2.75) is 53.8 Å². The molecule has 0 atom stereocenters. The van der Waals surface area contributed by atoms with Gasteiger partial charge in [-0.1, -0.05) is 27.7 Å². The van der Waals surface area contributed by atoms with E-state index in [2.05, 4.69) is 9.72 Å². The Kier molecular flexibility index (Phi) is 10.9. The van der Waals surface area contributed by atoms with Crippen LogP contribution in [0.5, 0.6) is 0 Å². The average molecular weight is 247 g/mol. The van der Waals surface area contributed by atoms with Crippen molar-refractivity contribution in [2.75, 3.05) is 0 Å². The molecule has 0 amide bonds. The monoisotopic (exact) mass is 247 g/mol. The van der Waals surface area contributed by atoms with E-state index in [9.17, 15) is 8.78 Å². The molecule has 0 N–H and O–H groups in total. The van der Waals surface area contributed by atoms with Crippen molar-refractivity contribution in [2.24, 2.45) is 0 Å². The number of nitrogens with zero attached hydrogens (tertiary/aromatic N) is 1. The van der Waals surface area contributed by atoms with Crippen molar-refractivity contribution in [3.63, 3.8) is 0 Å². The summed E-state index contributed by atoms with van der Waals surface area (Å²) in [5, 5.41) is 0. The first kappa shape index (κ1) is 18.3. The summed E-state index contributed by atoms with van der Waals surface area (Å²) in [5.74, 6) is 0. The second kappa shape index (κ2) is 10.1. The molecular weight excluding hydrogens is 224 g/mol. The van der Waals surface area contributed by atoms with Crippen LogP contribution < -0.4 is 0 Å². The fourth-order valence-corrected chi connectivity index (χ4v) is 0.899. The Morgan fingerprint density at radius 3 is 2.06 bits per heavy atom. The van der Waals surface area contributed by atoms with Gasteiger partial charge in [-0.05, 0) is 26.0 Å². The van der Waals surface area contributed by atoms with E-state index in [1.165, 1.54) is 18.3 Å². The zero-order chi connectivity index (χ0) is 13.9. The Bertz CT molecular complexity index is 263. The molecule has 0 spiro atoms. The Balaban J connectivity index is 0. The minimum Gasteiger partial charge on any atom is -0.314 e. The highest BCUT2D eigenvalue weighted by molar-refractivity contribution is 5.12. The summed E-state index contributed by atoms with van der Waals surface area (Å²) in [4.78, 5) is 3.60. The van der Waals surface area contributed by atoms with Crippen molar-refractivity contribution >= 4 is 0 Å². The number of aromatic nitrogens is 1. The maximum absolute atomic E-state index is 13.1. The molecule has 0 aromatic carbocycles. The van der Waals surface area contributed by atoms with E-state index in [1.807, 2.05) is 27.7 Å².